The van der Waals surface area contributed by atoms with Crippen LogP contribution in [-0.2, 0) is 16.6 Å². The van der Waals surface area contributed by atoms with Crippen LogP contribution in [0.5, 0.6) is 0 Å². The highest BCUT2D eigenvalue weighted by Crippen LogP contribution is 2.30. The van der Waals surface area contributed by atoms with E-state index in [-0.39, 0.29) is 11.8 Å². The third kappa shape index (κ3) is 3.24. The topological polar surface area (TPSA) is 37.3 Å². The van der Waals surface area contributed by atoms with Crippen LogP contribution in [0.25, 0.3) is 0 Å². The minimum atomic E-state index is -0.789. The Hall–Kier alpha value is -1.02. The first kappa shape index (κ1) is 13.0. The first-order chi connectivity index (χ1) is 7.35. The number of benzene rings is 1. The molecule has 1 aromatic rings. The highest BCUT2D eigenvalue weighted by atomic mass is 35.5. The molecular weight excluding hydrogens is 224 g/mol. The zero-order valence-electron chi connectivity index (χ0n) is 9.88. The number of carbonyl (C=O) groups is 1. The van der Waals surface area contributed by atoms with Crippen LogP contribution in [0.3, 0.4) is 0 Å². The lowest BCUT2D eigenvalue weighted by molar-refractivity contribution is -0.138. The summed E-state index contributed by atoms with van der Waals surface area (Å²) < 4.78 is 0. The fourth-order valence-electron chi connectivity index (χ4n) is 1.73. The van der Waals surface area contributed by atoms with Gasteiger partial charge in [-0.25, -0.2) is 0 Å². The number of hydrogen-bond donors (Lipinski definition) is 1. The summed E-state index contributed by atoms with van der Waals surface area (Å²) >= 11 is 6.02. The van der Waals surface area contributed by atoms with Gasteiger partial charge in [-0.3, -0.25) is 4.79 Å². The van der Waals surface area contributed by atoms with Gasteiger partial charge in [-0.2, -0.15) is 0 Å². The van der Waals surface area contributed by atoms with Gasteiger partial charge in [0.05, 0.1) is 6.42 Å². The molecule has 0 aliphatic heterocycles. The summed E-state index contributed by atoms with van der Waals surface area (Å²) in [5.74, 6) is -0.789. The lowest BCUT2D eigenvalue weighted by atomic mass is 9.81. The van der Waals surface area contributed by atoms with Crippen molar-refractivity contribution >= 4 is 17.6 Å². The van der Waals surface area contributed by atoms with Gasteiger partial charge in [0.1, 0.15) is 0 Å². The fourth-order valence-corrected chi connectivity index (χ4v) is 1.98. The summed E-state index contributed by atoms with van der Waals surface area (Å²) in [5, 5.41) is 9.55. The molecule has 16 heavy (non-hydrogen) atoms. The molecule has 0 unspecified atom stereocenters. The van der Waals surface area contributed by atoms with Crippen molar-refractivity contribution in [2.45, 2.75) is 39.0 Å². The number of rotatable bonds is 4. The van der Waals surface area contributed by atoms with Crippen molar-refractivity contribution in [1.29, 1.82) is 0 Å². The van der Waals surface area contributed by atoms with E-state index in [1.165, 1.54) is 0 Å². The third-order valence-corrected chi connectivity index (χ3v) is 2.96. The summed E-state index contributed by atoms with van der Waals surface area (Å²) in [5.41, 5.74) is 1.74. The molecule has 1 N–H and O–H groups in total. The van der Waals surface area contributed by atoms with Crippen LogP contribution in [0, 0.1) is 0 Å². The largest absolute Gasteiger partial charge is 0.481 e. The van der Waals surface area contributed by atoms with Crippen molar-refractivity contribution in [3.63, 3.8) is 0 Å². The summed E-state index contributed by atoms with van der Waals surface area (Å²) in [7, 11) is 0. The zero-order chi connectivity index (χ0) is 12.3. The molecule has 0 radical (unpaired) electrons. The van der Waals surface area contributed by atoms with Gasteiger partial charge in [-0.15, -0.1) is 0 Å². The normalized spacial score (nSPS) is 11.5. The van der Waals surface area contributed by atoms with Crippen molar-refractivity contribution in [3.8, 4) is 0 Å². The highest BCUT2D eigenvalue weighted by Gasteiger charge is 2.24. The molecule has 0 aliphatic carbocycles. The molecule has 0 saturated heterocycles. The van der Waals surface area contributed by atoms with Gasteiger partial charge in [0, 0.05) is 10.4 Å². The molecule has 0 aliphatic rings. The van der Waals surface area contributed by atoms with E-state index in [1.54, 1.807) is 0 Å². The van der Waals surface area contributed by atoms with Crippen molar-refractivity contribution in [3.05, 3.63) is 34.3 Å². The van der Waals surface area contributed by atoms with Crippen LogP contribution in [0.1, 0.15) is 38.3 Å². The van der Waals surface area contributed by atoms with Gasteiger partial charge in [0.15, 0.2) is 0 Å². The van der Waals surface area contributed by atoms with Gasteiger partial charge in [-0.05, 0) is 29.7 Å². The minimum absolute atomic E-state index is 0.108. The summed E-state index contributed by atoms with van der Waals surface area (Å²) in [6.07, 6.45) is 1.01. The van der Waals surface area contributed by atoms with E-state index in [0.29, 0.717) is 5.02 Å². The first-order valence-corrected chi connectivity index (χ1v) is 5.74. The molecule has 0 atom stereocenters. The molecule has 88 valence electrons. The van der Waals surface area contributed by atoms with E-state index >= 15 is 0 Å². The predicted molar refractivity (Wildman–Crippen MR) is 66.1 cm³/mol. The van der Waals surface area contributed by atoms with Crippen molar-refractivity contribution in [2.75, 3.05) is 0 Å². The van der Waals surface area contributed by atoms with Crippen LogP contribution in [0.2, 0.25) is 5.02 Å². The minimum Gasteiger partial charge on any atom is -0.481 e. The van der Waals surface area contributed by atoms with Gasteiger partial charge in [0.2, 0.25) is 0 Å². The Morgan fingerprint density at radius 1 is 1.38 bits per heavy atom. The first-order valence-electron chi connectivity index (χ1n) is 5.37. The predicted octanol–water partition coefficient (Wildman–Crippen LogP) is 3.65. The van der Waals surface area contributed by atoms with Crippen LogP contribution < -0.4 is 0 Å². The molecule has 2 nitrogen and oxygen atoms in total. The van der Waals surface area contributed by atoms with E-state index in [9.17, 15) is 4.79 Å². The number of carboxylic acids is 1. The highest BCUT2D eigenvalue weighted by molar-refractivity contribution is 6.30. The molecule has 1 rings (SSSR count). The molecule has 3 heteroatoms. The average molecular weight is 241 g/mol. The number of hydrogen-bond acceptors (Lipinski definition) is 1. The second-order valence-corrected chi connectivity index (χ2v) is 5.09. The van der Waals surface area contributed by atoms with Gasteiger partial charge in [0.25, 0.3) is 0 Å². The summed E-state index contributed by atoms with van der Waals surface area (Å²) in [4.78, 5) is 10.8. The van der Waals surface area contributed by atoms with Crippen molar-refractivity contribution < 1.29 is 9.90 Å². The Balaban J connectivity index is 3.11. The number of carboxylic acid groups (broad SMARTS) is 1. The molecule has 0 heterocycles. The smallest absolute Gasteiger partial charge is 0.304 e. The molecule has 0 saturated carbocycles. The summed E-state index contributed by atoms with van der Waals surface area (Å²) in [6.45, 7) is 5.90. The quantitative estimate of drug-likeness (QED) is 0.872. The molecule has 0 amide bonds. The summed E-state index contributed by atoms with van der Waals surface area (Å²) in [6, 6.07) is 5.81. The van der Waals surface area contributed by atoms with Gasteiger partial charge >= 0.3 is 5.97 Å². The second-order valence-electron chi connectivity index (χ2n) is 4.66. The Bertz CT molecular complexity index is 397. The number of halogens is 1. The third-order valence-electron chi connectivity index (χ3n) is 2.74. The van der Waals surface area contributed by atoms with E-state index in [0.717, 1.165) is 17.5 Å². The standard InChI is InChI=1S/C13H17ClO2/c1-4-9-5-10(7-11(14)6-9)13(2,3)8-12(15)16/h5-7H,4,8H2,1-3H3,(H,15,16). The van der Waals surface area contributed by atoms with Crippen LogP contribution in [0.4, 0.5) is 0 Å². The second kappa shape index (κ2) is 4.88. The zero-order valence-corrected chi connectivity index (χ0v) is 10.6. The Kier molecular flexibility index (Phi) is 3.98. The van der Waals surface area contributed by atoms with E-state index in [1.807, 2.05) is 32.0 Å². The molecule has 0 spiro atoms. The molecule has 1 aromatic carbocycles. The Morgan fingerprint density at radius 2 is 2.00 bits per heavy atom. The molecule has 0 bridgehead atoms. The van der Waals surface area contributed by atoms with Crippen LogP contribution >= 0.6 is 11.6 Å². The van der Waals surface area contributed by atoms with Gasteiger partial charge < -0.3 is 5.11 Å². The SMILES string of the molecule is CCc1cc(Cl)cc(C(C)(C)CC(=O)O)c1. The van der Waals surface area contributed by atoms with Crippen LogP contribution in [-0.4, -0.2) is 11.1 Å². The average Bonchev–Trinajstić information content (AvgIpc) is 2.14. The maximum atomic E-state index is 10.8. The van der Waals surface area contributed by atoms with E-state index in [2.05, 4.69) is 6.92 Å². The molecular formula is C13H17ClO2. The van der Waals surface area contributed by atoms with E-state index < -0.39 is 5.97 Å². The number of aliphatic carboxylic acids is 1. The molecule has 0 aromatic heterocycles. The van der Waals surface area contributed by atoms with Crippen molar-refractivity contribution in [2.24, 2.45) is 0 Å². The maximum absolute atomic E-state index is 10.8. The molecule has 0 fully saturated rings. The van der Waals surface area contributed by atoms with E-state index in [4.69, 9.17) is 16.7 Å². The van der Waals surface area contributed by atoms with Crippen LogP contribution in [0.15, 0.2) is 18.2 Å². The lowest BCUT2D eigenvalue weighted by Crippen LogP contribution is -2.21. The lowest BCUT2D eigenvalue weighted by Gasteiger charge is -2.24. The fraction of sp³-hybridized carbons (Fsp3) is 0.462. The monoisotopic (exact) mass is 240 g/mol. The Morgan fingerprint density at radius 3 is 2.50 bits per heavy atom. The van der Waals surface area contributed by atoms with Crippen molar-refractivity contribution in [1.82, 2.24) is 0 Å². The number of aryl methyl sites for hydroxylation is 1. The Labute approximate surface area is 101 Å². The maximum Gasteiger partial charge on any atom is 0.304 e. The van der Waals surface area contributed by atoms with Gasteiger partial charge in [-0.1, -0.05) is 38.4 Å².